The molecular formula is C15H21FN2O3S. The van der Waals surface area contributed by atoms with E-state index < -0.39 is 15.8 Å². The number of carbonyl (C=O) groups is 1. The highest BCUT2D eigenvalue weighted by atomic mass is 32.2. The molecule has 7 heteroatoms. The number of hydrogen-bond acceptors (Lipinski definition) is 3. The molecule has 5 nitrogen and oxygen atoms in total. The fourth-order valence-electron chi connectivity index (χ4n) is 2.43. The summed E-state index contributed by atoms with van der Waals surface area (Å²) in [5, 5.41) is 0. The van der Waals surface area contributed by atoms with Gasteiger partial charge in [-0.15, -0.1) is 0 Å². The van der Waals surface area contributed by atoms with Crippen LogP contribution in [0, 0.1) is 5.82 Å². The number of nitrogens with zero attached hydrogens (tertiary/aromatic N) is 2. The summed E-state index contributed by atoms with van der Waals surface area (Å²) in [6.07, 6.45) is 1.47. The lowest BCUT2D eigenvalue weighted by Gasteiger charge is -2.34. The number of piperazine rings is 1. The van der Waals surface area contributed by atoms with E-state index in [-0.39, 0.29) is 11.7 Å². The van der Waals surface area contributed by atoms with E-state index in [4.69, 9.17) is 0 Å². The summed E-state index contributed by atoms with van der Waals surface area (Å²) in [6, 6.07) is 5.55. The Labute approximate surface area is 130 Å². The third-order valence-corrected chi connectivity index (χ3v) is 5.70. The van der Waals surface area contributed by atoms with Crippen molar-refractivity contribution in [3.8, 4) is 0 Å². The molecule has 0 unspecified atom stereocenters. The number of carbonyl (C=O) groups excluding carboxylic acids is 1. The number of rotatable bonds is 5. The standard InChI is InChI=1S/C15H21FN2O3S/c1-2-3-11-22(20,21)18-9-7-17(8-10-18)15(19)13-5-4-6-14(16)12-13/h4-6,12H,2-3,7-11H2,1H3. The number of unbranched alkanes of at least 4 members (excludes halogenated alkanes) is 1. The van der Waals surface area contributed by atoms with E-state index >= 15 is 0 Å². The van der Waals surface area contributed by atoms with E-state index in [9.17, 15) is 17.6 Å². The highest BCUT2D eigenvalue weighted by Gasteiger charge is 2.28. The lowest BCUT2D eigenvalue weighted by atomic mass is 10.2. The molecule has 1 saturated heterocycles. The number of halogens is 1. The molecule has 0 bridgehead atoms. The van der Waals surface area contributed by atoms with Crippen LogP contribution in [0.4, 0.5) is 4.39 Å². The van der Waals surface area contributed by atoms with Crippen molar-refractivity contribution in [3.05, 3.63) is 35.6 Å². The van der Waals surface area contributed by atoms with Crippen LogP contribution >= 0.6 is 0 Å². The zero-order valence-electron chi connectivity index (χ0n) is 12.7. The van der Waals surface area contributed by atoms with Gasteiger partial charge in [0.1, 0.15) is 5.82 Å². The number of sulfonamides is 1. The van der Waals surface area contributed by atoms with E-state index in [0.29, 0.717) is 38.2 Å². The molecule has 22 heavy (non-hydrogen) atoms. The van der Waals surface area contributed by atoms with Crippen molar-refractivity contribution in [2.75, 3.05) is 31.9 Å². The van der Waals surface area contributed by atoms with Crippen molar-refractivity contribution >= 4 is 15.9 Å². The molecule has 0 N–H and O–H groups in total. The molecule has 0 radical (unpaired) electrons. The third kappa shape index (κ3) is 4.04. The van der Waals surface area contributed by atoms with Gasteiger partial charge in [0.25, 0.3) is 5.91 Å². The van der Waals surface area contributed by atoms with E-state index in [2.05, 4.69) is 0 Å². The predicted molar refractivity (Wildman–Crippen MR) is 82.6 cm³/mol. The van der Waals surface area contributed by atoms with Crippen LogP contribution in [-0.2, 0) is 10.0 Å². The van der Waals surface area contributed by atoms with Gasteiger partial charge >= 0.3 is 0 Å². The van der Waals surface area contributed by atoms with Crippen LogP contribution in [-0.4, -0.2) is 55.5 Å². The summed E-state index contributed by atoms with van der Waals surface area (Å²) in [4.78, 5) is 13.8. The van der Waals surface area contributed by atoms with Crippen LogP contribution in [0.25, 0.3) is 0 Å². The maximum absolute atomic E-state index is 13.2. The molecule has 0 aliphatic carbocycles. The first-order valence-electron chi connectivity index (χ1n) is 7.46. The van der Waals surface area contributed by atoms with Gasteiger partial charge in [-0.05, 0) is 24.6 Å². The van der Waals surface area contributed by atoms with Gasteiger partial charge in [-0.1, -0.05) is 19.4 Å². The average molecular weight is 328 g/mol. The van der Waals surface area contributed by atoms with Crippen LogP contribution in [0.2, 0.25) is 0 Å². The van der Waals surface area contributed by atoms with Crippen LogP contribution in [0.1, 0.15) is 30.1 Å². The Balaban J connectivity index is 1.96. The van der Waals surface area contributed by atoms with Crippen LogP contribution in [0.3, 0.4) is 0 Å². The van der Waals surface area contributed by atoms with Crippen molar-refractivity contribution in [2.45, 2.75) is 19.8 Å². The molecule has 1 amide bonds. The van der Waals surface area contributed by atoms with Crippen LogP contribution in [0.15, 0.2) is 24.3 Å². The van der Waals surface area contributed by atoms with Gasteiger partial charge in [0.2, 0.25) is 10.0 Å². The quantitative estimate of drug-likeness (QED) is 0.827. The Bertz CT molecular complexity index is 625. The van der Waals surface area contributed by atoms with E-state index in [1.54, 1.807) is 11.0 Å². The normalized spacial score (nSPS) is 16.7. The zero-order valence-corrected chi connectivity index (χ0v) is 13.5. The lowest BCUT2D eigenvalue weighted by Crippen LogP contribution is -2.51. The van der Waals surface area contributed by atoms with Crippen molar-refractivity contribution in [1.29, 1.82) is 0 Å². The third-order valence-electron chi connectivity index (χ3n) is 3.75. The number of benzene rings is 1. The molecule has 2 rings (SSSR count). The second-order valence-electron chi connectivity index (χ2n) is 5.37. The molecule has 0 saturated carbocycles. The minimum absolute atomic E-state index is 0.154. The van der Waals surface area contributed by atoms with Gasteiger partial charge in [0.05, 0.1) is 5.75 Å². The Hall–Kier alpha value is -1.47. The Morgan fingerprint density at radius 3 is 2.50 bits per heavy atom. The smallest absolute Gasteiger partial charge is 0.254 e. The molecule has 1 heterocycles. The van der Waals surface area contributed by atoms with Crippen LogP contribution < -0.4 is 0 Å². The van der Waals surface area contributed by atoms with E-state index in [1.807, 2.05) is 6.92 Å². The highest BCUT2D eigenvalue weighted by Crippen LogP contribution is 2.13. The highest BCUT2D eigenvalue weighted by molar-refractivity contribution is 7.89. The molecule has 1 aromatic rings. The van der Waals surface area contributed by atoms with Gasteiger partial charge in [-0.3, -0.25) is 4.79 Å². The monoisotopic (exact) mass is 328 g/mol. The van der Waals surface area contributed by atoms with Crippen molar-refractivity contribution in [3.63, 3.8) is 0 Å². The molecule has 1 aliphatic heterocycles. The maximum Gasteiger partial charge on any atom is 0.254 e. The Morgan fingerprint density at radius 2 is 1.91 bits per heavy atom. The second-order valence-corrected chi connectivity index (χ2v) is 7.46. The molecule has 0 spiro atoms. The van der Waals surface area contributed by atoms with Crippen molar-refractivity contribution < 1.29 is 17.6 Å². The lowest BCUT2D eigenvalue weighted by molar-refractivity contribution is 0.0697. The van der Waals surface area contributed by atoms with Gasteiger partial charge in [-0.25, -0.2) is 12.8 Å². The zero-order chi connectivity index (χ0) is 16.2. The van der Waals surface area contributed by atoms with Gasteiger partial charge in [0.15, 0.2) is 0 Å². The van der Waals surface area contributed by atoms with Gasteiger partial charge in [-0.2, -0.15) is 4.31 Å². The first kappa shape index (κ1) is 16.9. The first-order valence-corrected chi connectivity index (χ1v) is 9.07. The molecule has 1 aromatic carbocycles. The Kier molecular flexibility index (Phi) is 5.52. The van der Waals surface area contributed by atoms with E-state index in [1.165, 1.54) is 22.5 Å². The molecule has 122 valence electrons. The predicted octanol–water partition coefficient (Wildman–Crippen LogP) is 1.71. The van der Waals surface area contributed by atoms with E-state index in [0.717, 1.165) is 6.42 Å². The molecule has 0 aromatic heterocycles. The minimum atomic E-state index is -3.23. The fourth-order valence-corrected chi connectivity index (χ4v) is 4.06. The molecule has 0 atom stereocenters. The van der Waals surface area contributed by atoms with Crippen molar-refractivity contribution in [2.24, 2.45) is 0 Å². The molecule has 1 aliphatic rings. The summed E-state index contributed by atoms with van der Waals surface area (Å²) in [7, 11) is -3.23. The largest absolute Gasteiger partial charge is 0.336 e. The Morgan fingerprint density at radius 1 is 1.23 bits per heavy atom. The molecule has 1 fully saturated rings. The van der Waals surface area contributed by atoms with Crippen molar-refractivity contribution in [1.82, 2.24) is 9.21 Å². The summed E-state index contributed by atoms with van der Waals surface area (Å²) in [5.41, 5.74) is 0.294. The first-order chi connectivity index (χ1) is 10.4. The summed E-state index contributed by atoms with van der Waals surface area (Å²) < 4.78 is 38.8. The summed E-state index contributed by atoms with van der Waals surface area (Å²) in [6.45, 7) is 3.22. The number of hydrogen-bond donors (Lipinski definition) is 0. The fraction of sp³-hybridized carbons (Fsp3) is 0.533. The molecular weight excluding hydrogens is 307 g/mol. The second kappa shape index (κ2) is 7.19. The summed E-state index contributed by atoms with van der Waals surface area (Å²) >= 11 is 0. The van der Waals surface area contributed by atoms with Gasteiger partial charge < -0.3 is 4.90 Å². The topological polar surface area (TPSA) is 57.7 Å². The maximum atomic E-state index is 13.2. The average Bonchev–Trinajstić information content (AvgIpc) is 2.52. The SMILES string of the molecule is CCCCS(=O)(=O)N1CCN(C(=O)c2cccc(F)c2)CC1. The number of amides is 1. The summed E-state index contributed by atoms with van der Waals surface area (Å²) in [5.74, 6) is -0.557. The minimum Gasteiger partial charge on any atom is -0.336 e. The van der Waals surface area contributed by atoms with Gasteiger partial charge in [0, 0.05) is 31.7 Å². The van der Waals surface area contributed by atoms with Crippen LogP contribution in [0.5, 0.6) is 0 Å².